The van der Waals surface area contributed by atoms with Gasteiger partial charge in [0.25, 0.3) is 0 Å². The fourth-order valence-electron chi connectivity index (χ4n) is 2.66. The summed E-state index contributed by atoms with van der Waals surface area (Å²) in [5.74, 6) is 0.828. The standard InChI is InChI=1S/C18H18N2O/c1-18(19,14-6-8-15(21-2)9-7-14)17-5-3-4-13-10-11-20-12-16(13)17/h3-12H,19H2,1-2H3. The Balaban J connectivity index is 2.14. The molecule has 0 aliphatic carbocycles. The van der Waals surface area contributed by atoms with Crippen LogP contribution < -0.4 is 10.5 Å². The van der Waals surface area contributed by atoms with Crippen molar-refractivity contribution < 1.29 is 4.74 Å². The zero-order valence-corrected chi connectivity index (χ0v) is 12.2. The number of fused-ring (bicyclic) bond motifs is 1. The van der Waals surface area contributed by atoms with Crippen molar-refractivity contribution in [1.29, 1.82) is 0 Å². The van der Waals surface area contributed by atoms with Crippen molar-refractivity contribution in [2.45, 2.75) is 12.5 Å². The highest BCUT2D eigenvalue weighted by Gasteiger charge is 2.25. The van der Waals surface area contributed by atoms with Gasteiger partial charge in [0.2, 0.25) is 0 Å². The molecule has 0 saturated carbocycles. The van der Waals surface area contributed by atoms with Crippen LogP contribution in [0, 0.1) is 0 Å². The number of aromatic nitrogens is 1. The first-order valence-corrected chi connectivity index (χ1v) is 6.89. The van der Waals surface area contributed by atoms with Crippen LogP contribution in [-0.4, -0.2) is 12.1 Å². The smallest absolute Gasteiger partial charge is 0.118 e. The average Bonchev–Trinajstić information content (AvgIpc) is 2.54. The summed E-state index contributed by atoms with van der Waals surface area (Å²) >= 11 is 0. The summed E-state index contributed by atoms with van der Waals surface area (Å²) in [5.41, 5.74) is 8.17. The van der Waals surface area contributed by atoms with Crippen LogP contribution in [0.25, 0.3) is 10.8 Å². The molecule has 1 heterocycles. The van der Waals surface area contributed by atoms with Crippen LogP contribution in [0.3, 0.4) is 0 Å². The van der Waals surface area contributed by atoms with Gasteiger partial charge in [0.1, 0.15) is 5.75 Å². The lowest BCUT2D eigenvalue weighted by atomic mass is 9.83. The second-order valence-electron chi connectivity index (χ2n) is 5.33. The van der Waals surface area contributed by atoms with E-state index in [-0.39, 0.29) is 0 Å². The molecule has 3 rings (SSSR count). The van der Waals surface area contributed by atoms with Crippen molar-refractivity contribution in [3.63, 3.8) is 0 Å². The molecule has 1 aromatic heterocycles. The Morgan fingerprint density at radius 2 is 1.81 bits per heavy atom. The molecule has 1 atom stereocenters. The van der Waals surface area contributed by atoms with E-state index in [1.165, 1.54) is 0 Å². The van der Waals surface area contributed by atoms with Gasteiger partial charge < -0.3 is 10.5 Å². The summed E-state index contributed by atoms with van der Waals surface area (Å²) in [5, 5.41) is 2.23. The number of nitrogens with two attached hydrogens (primary N) is 1. The molecule has 0 saturated heterocycles. The number of pyridine rings is 1. The van der Waals surface area contributed by atoms with Gasteiger partial charge in [-0.2, -0.15) is 0 Å². The van der Waals surface area contributed by atoms with Gasteiger partial charge in [-0.1, -0.05) is 30.3 Å². The van der Waals surface area contributed by atoms with Gasteiger partial charge in [-0.05, 0) is 41.6 Å². The van der Waals surface area contributed by atoms with Crippen LogP contribution in [-0.2, 0) is 5.54 Å². The van der Waals surface area contributed by atoms with E-state index in [4.69, 9.17) is 10.5 Å². The number of rotatable bonds is 3. The summed E-state index contributed by atoms with van der Waals surface area (Å²) in [7, 11) is 1.66. The second-order valence-corrected chi connectivity index (χ2v) is 5.33. The topological polar surface area (TPSA) is 48.1 Å². The van der Waals surface area contributed by atoms with Crippen molar-refractivity contribution in [3.05, 3.63) is 72.1 Å². The molecule has 0 aliphatic heterocycles. The Morgan fingerprint density at radius 3 is 2.52 bits per heavy atom. The predicted octanol–water partition coefficient (Wildman–Crippen LogP) is 3.47. The number of methoxy groups -OCH3 is 1. The zero-order chi connectivity index (χ0) is 14.9. The van der Waals surface area contributed by atoms with Gasteiger partial charge in [0.15, 0.2) is 0 Å². The predicted molar refractivity (Wildman–Crippen MR) is 85.4 cm³/mol. The summed E-state index contributed by atoms with van der Waals surface area (Å²) in [6.45, 7) is 2.02. The van der Waals surface area contributed by atoms with Gasteiger partial charge in [0, 0.05) is 17.8 Å². The Hall–Kier alpha value is -2.39. The summed E-state index contributed by atoms with van der Waals surface area (Å²) in [6.07, 6.45) is 3.67. The van der Waals surface area contributed by atoms with E-state index in [9.17, 15) is 0 Å². The molecule has 2 aromatic carbocycles. The van der Waals surface area contributed by atoms with E-state index in [1.54, 1.807) is 13.3 Å². The molecule has 0 bridgehead atoms. The zero-order valence-electron chi connectivity index (χ0n) is 12.2. The first-order valence-electron chi connectivity index (χ1n) is 6.89. The molecule has 3 nitrogen and oxygen atoms in total. The Morgan fingerprint density at radius 1 is 1.05 bits per heavy atom. The van der Waals surface area contributed by atoms with Crippen LogP contribution in [0.5, 0.6) is 5.75 Å². The van der Waals surface area contributed by atoms with Crippen LogP contribution in [0.15, 0.2) is 60.9 Å². The van der Waals surface area contributed by atoms with E-state index >= 15 is 0 Å². The van der Waals surface area contributed by atoms with Gasteiger partial charge in [-0.15, -0.1) is 0 Å². The molecule has 0 aliphatic rings. The van der Waals surface area contributed by atoms with Gasteiger partial charge in [-0.25, -0.2) is 0 Å². The molecule has 0 amide bonds. The maximum atomic E-state index is 6.65. The fourth-order valence-corrected chi connectivity index (χ4v) is 2.66. The summed E-state index contributed by atoms with van der Waals surface area (Å²) < 4.78 is 5.21. The first kappa shape index (κ1) is 13.6. The monoisotopic (exact) mass is 278 g/mol. The largest absolute Gasteiger partial charge is 0.497 e. The molecule has 0 radical (unpaired) electrons. The minimum Gasteiger partial charge on any atom is -0.497 e. The molecule has 3 aromatic rings. The summed E-state index contributed by atoms with van der Waals surface area (Å²) in [4.78, 5) is 4.23. The Bertz CT molecular complexity index is 758. The van der Waals surface area contributed by atoms with Crippen LogP contribution in [0.4, 0.5) is 0 Å². The van der Waals surface area contributed by atoms with E-state index in [1.807, 2.05) is 49.5 Å². The van der Waals surface area contributed by atoms with Crippen molar-refractivity contribution in [2.24, 2.45) is 5.73 Å². The highest BCUT2D eigenvalue weighted by atomic mass is 16.5. The summed E-state index contributed by atoms with van der Waals surface area (Å²) in [6, 6.07) is 16.1. The molecule has 0 fully saturated rings. The number of nitrogens with zero attached hydrogens (tertiary/aromatic N) is 1. The van der Waals surface area contributed by atoms with E-state index < -0.39 is 5.54 Å². The third kappa shape index (κ3) is 2.36. The maximum Gasteiger partial charge on any atom is 0.118 e. The van der Waals surface area contributed by atoms with E-state index in [0.717, 1.165) is 27.6 Å². The lowest BCUT2D eigenvalue weighted by Gasteiger charge is -2.27. The van der Waals surface area contributed by atoms with Crippen molar-refractivity contribution in [2.75, 3.05) is 7.11 Å². The first-order chi connectivity index (χ1) is 10.1. The molecule has 0 spiro atoms. The van der Waals surface area contributed by atoms with Crippen LogP contribution in [0.2, 0.25) is 0 Å². The maximum absolute atomic E-state index is 6.65. The Kier molecular flexibility index (Phi) is 3.35. The molecule has 2 N–H and O–H groups in total. The van der Waals surface area contributed by atoms with Crippen molar-refractivity contribution >= 4 is 10.8 Å². The number of ether oxygens (including phenoxy) is 1. The minimum absolute atomic E-state index is 0.588. The third-order valence-corrected chi connectivity index (χ3v) is 3.93. The SMILES string of the molecule is COc1ccc(C(C)(N)c2cccc3ccncc23)cc1. The molecule has 106 valence electrons. The van der Waals surface area contributed by atoms with Crippen LogP contribution in [0.1, 0.15) is 18.1 Å². The minimum atomic E-state index is -0.588. The highest BCUT2D eigenvalue weighted by Crippen LogP contribution is 2.32. The van der Waals surface area contributed by atoms with Gasteiger partial charge in [0.05, 0.1) is 12.6 Å². The number of benzene rings is 2. The van der Waals surface area contributed by atoms with Crippen molar-refractivity contribution in [1.82, 2.24) is 4.98 Å². The van der Waals surface area contributed by atoms with Crippen molar-refractivity contribution in [3.8, 4) is 5.75 Å². The molecular weight excluding hydrogens is 260 g/mol. The number of hydrogen-bond donors (Lipinski definition) is 1. The third-order valence-electron chi connectivity index (χ3n) is 3.93. The molecular formula is C18H18N2O. The molecule has 3 heteroatoms. The average molecular weight is 278 g/mol. The van der Waals surface area contributed by atoms with E-state index in [2.05, 4.69) is 17.1 Å². The van der Waals surface area contributed by atoms with Crippen LogP contribution >= 0.6 is 0 Å². The second kappa shape index (κ2) is 5.19. The lowest BCUT2D eigenvalue weighted by Crippen LogP contribution is -2.34. The normalized spacial score (nSPS) is 13.9. The molecule has 1 unspecified atom stereocenters. The Labute approximate surface area is 124 Å². The number of hydrogen-bond acceptors (Lipinski definition) is 3. The lowest BCUT2D eigenvalue weighted by molar-refractivity contribution is 0.414. The van der Waals surface area contributed by atoms with E-state index in [0.29, 0.717) is 0 Å². The van der Waals surface area contributed by atoms with Gasteiger partial charge in [-0.3, -0.25) is 4.98 Å². The van der Waals surface area contributed by atoms with Gasteiger partial charge >= 0.3 is 0 Å². The highest BCUT2D eigenvalue weighted by molar-refractivity contribution is 5.86. The quantitative estimate of drug-likeness (QED) is 0.798. The fraction of sp³-hybridized carbons (Fsp3) is 0.167. The molecule has 21 heavy (non-hydrogen) atoms.